The predicted molar refractivity (Wildman–Crippen MR) is 111 cm³/mol. The molecule has 0 spiro atoms. The number of hydrogen-bond donors (Lipinski definition) is 2. The number of aromatic nitrogens is 1. The summed E-state index contributed by atoms with van der Waals surface area (Å²) in [6.45, 7) is 3.55. The summed E-state index contributed by atoms with van der Waals surface area (Å²) < 4.78 is 7.68. The Balaban J connectivity index is 1.41. The summed E-state index contributed by atoms with van der Waals surface area (Å²) in [5.41, 5.74) is 2.90. The van der Waals surface area contributed by atoms with Gasteiger partial charge in [-0.1, -0.05) is 23.7 Å². The third-order valence-electron chi connectivity index (χ3n) is 6.25. The largest absolute Gasteiger partial charge is 0.458 e. The Labute approximate surface area is 174 Å². The van der Waals surface area contributed by atoms with Gasteiger partial charge in [0.05, 0.1) is 13.1 Å². The second-order valence-electron chi connectivity index (χ2n) is 8.25. The molecule has 0 radical (unpaired) electrons. The molecule has 2 aliphatic rings. The van der Waals surface area contributed by atoms with E-state index in [-0.39, 0.29) is 12.2 Å². The van der Waals surface area contributed by atoms with Gasteiger partial charge < -0.3 is 19.0 Å². The molecular weight excluding hydrogens is 388 g/mol. The lowest BCUT2D eigenvalue weighted by Crippen LogP contribution is -3.13. The molecule has 0 saturated carbocycles. The van der Waals surface area contributed by atoms with Crippen molar-refractivity contribution in [3.8, 4) is 11.1 Å². The first-order valence-electron chi connectivity index (χ1n) is 10.1. The van der Waals surface area contributed by atoms with E-state index in [0.29, 0.717) is 22.6 Å². The number of furan rings is 1. The van der Waals surface area contributed by atoms with Crippen molar-refractivity contribution in [3.05, 3.63) is 81.1 Å². The van der Waals surface area contributed by atoms with E-state index in [1.165, 1.54) is 4.90 Å². The molecular formula is C23H24ClN2O3+. The number of fused-ring (bicyclic) bond motifs is 4. The number of aliphatic hydroxyl groups excluding tert-OH is 1. The number of aliphatic hydroxyl groups is 1. The van der Waals surface area contributed by atoms with Crippen molar-refractivity contribution in [1.82, 2.24) is 4.57 Å². The van der Waals surface area contributed by atoms with Gasteiger partial charge in [-0.25, -0.2) is 0 Å². The first-order valence-corrected chi connectivity index (χ1v) is 10.5. The standard InChI is InChI=1S/C23H23ClN2O3/c24-18-3-1-16(2-4-18)21-7-8-22-17-9-15(11-26(22)23(21)28)10-25(12-17)13-19-5-6-20(14-27)29-19/h1-8,15,17,27H,9-14H2/p+1/t15-,17+/m0/s1. The average molecular weight is 412 g/mol. The molecule has 1 fully saturated rings. The molecule has 3 aromatic rings. The van der Waals surface area contributed by atoms with Crippen LogP contribution in [-0.4, -0.2) is 22.8 Å². The molecule has 5 rings (SSSR count). The number of benzene rings is 1. The number of hydrogen-bond acceptors (Lipinski definition) is 3. The molecule has 6 heteroatoms. The summed E-state index contributed by atoms with van der Waals surface area (Å²) >= 11 is 6.00. The number of nitrogens with zero attached hydrogens (tertiary/aromatic N) is 1. The minimum Gasteiger partial charge on any atom is -0.458 e. The summed E-state index contributed by atoms with van der Waals surface area (Å²) in [5, 5.41) is 9.88. The number of piperidine rings is 1. The van der Waals surface area contributed by atoms with Crippen molar-refractivity contribution in [2.45, 2.75) is 32.0 Å². The van der Waals surface area contributed by atoms with Crippen molar-refractivity contribution in [2.75, 3.05) is 13.1 Å². The maximum atomic E-state index is 13.2. The van der Waals surface area contributed by atoms with Gasteiger partial charge in [0, 0.05) is 34.7 Å². The number of nitrogens with one attached hydrogen (secondary N) is 1. The fourth-order valence-corrected chi connectivity index (χ4v) is 5.14. The molecule has 0 aliphatic carbocycles. The Morgan fingerprint density at radius 2 is 1.86 bits per heavy atom. The molecule has 2 N–H and O–H groups in total. The van der Waals surface area contributed by atoms with Crippen molar-refractivity contribution in [2.24, 2.45) is 5.92 Å². The molecule has 29 heavy (non-hydrogen) atoms. The fourth-order valence-electron chi connectivity index (χ4n) is 5.01. The number of halogens is 1. The third-order valence-corrected chi connectivity index (χ3v) is 6.50. The van der Waals surface area contributed by atoms with Gasteiger partial charge in [-0.15, -0.1) is 0 Å². The average Bonchev–Trinajstić information content (AvgIpc) is 3.17. The van der Waals surface area contributed by atoms with Crippen molar-refractivity contribution >= 4 is 11.6 Å². The van der Waals surface area contributed by atoms with Gasteiger partial charge in [0.2, 0.25) is 0 Å². The summed E-state index contributed by atoms with van der Waals surface area (Å²) in [7, 11) is 0. The van der Waals surface area contributed by atoms with Crippen LogP contribution in [0.1, 0.15) is 29.6 Å². The molecule has 1 unspecified atom stereocenters. The van der Waals surface area contributed by atoms with Crippen LogP contribution in [-0.2, 0) is 19.7 Å². The Hall–Kier alpha value is -2.34. The molecule has 4 heterocycles. The van der Waals surface area contributed by atoms with E-state index in [4.69, 9.17) is 16.0 Å². The lowest BCUT2D eigenvalue weighted by Gasteiger charge is -2.40. The molecule has 2 bridgehead atoms. The third kappa shape index (κ3) is 3.54. The second kappa shape index (κ2) is 7.48. The van der Waals surface area contributed by atoms with Crippen molar-refractivity contribution in [1.29, 1.82) is 0 Å². The number of pyridine rings is 1. The second-order valence-corrected chi connectivity index (χ2v) is 8.69. The number of rotatable bonds is 4. The van der Waals surface area contributed by atoms with E-state index in [9.17, 15) is 9.90 Å². The van der Waals surface area contributed by atoms with Crippen LogP contribution in [0.4, 0.5) is 0 Å². The quantitative estimate of drug-likeness (QED) is 0.693. The molecule has 2 aromatic heterocycles. The molecule has 2 aliphatic heterocycles. The highest BCUT2D eigenvalue weighted by Gasteiger charge is 2.37. The zero-order valence-corrected chi connectivity index (χ0v) is 16.9. The highest BCUT2D eigenvalue weighted by molar-refractivity contribution is 6.30. The highest BCUT2D eigenvalue weighted by Crippen LogP contribution is 2.31. The zero-order chi connectivity index (χ0) is 20.0. The Morgan fingerprint density at radius 3 is 2.62 bits per heavy atom. The Morgan fingerprint density at radius 1 is 1.07 bits per heavy atom. The first kappa shape index (κ1) is 18.7. The van der Waals surface area contributed by atoms with Gasteiger partial charge in [-0.05, 0) is 48.4 Å². The molecule has 5 nitrogen and oxygen atoms in total. The first-order chi connectivity index (χ1) is 14.1. The Kier molecular flexibility index (Phi) is 4.82. The smallest absolute Gasteiger partial charge is 0.258 e. The summed E-state index contributed by atoms with van der Waals surface area (Å²) in [4.78, 5) is 14.7. The van der Waals surface area contributed by atoms with Crippen LogP contribution in [0.25, 0.3) is 11.1 Å². The van der Waals surface area contributed by atoms with E-state index >= 15 is 0 Å². The van der Waals surface area contributed by atoms with Crippen LogP contribution in [0.2, 0.25) is 5.02 Å². The van der Waals surface area contributed by atoms with Crippen LogP contribution in [0, 0.1) is 5.92 Å². The monoisotopic (exact) mass is 411 g/mol. The minimum absolute atomic E-state index is 0.0627. The maximum Gasteiger partial charge on any atom is 0.258 e. The van der Waals surface area contributed by atoms with Crippen LogP contribution in [0.15, 0.2) is 57.7 Å². The van der Waals surface area contributed by atoms with Gasteiger partial charge in [0.25, 0.3) is 5.56 Å². The molecule has 1 aromatic carbocycles. The van der Waals surface area contributed by atoms with Crippen LogP contribution >= 0.6 is 11.6 Å². The molecule has 150 valence electrons. The number of likely N-dealkylation sites (tertiary alicyclic amines) is 1. The SMILES string of the molecule is O=c1c(-c2ccc(Cl)cc2)ccc2n1C[C@H]1C[C@@H]2C[NH+](Cc2ccc(CO)o2)C1. The van der Waals surface area contributed by atoms with Gasteiger partial charge in [-0.2, -0.15) is 0 Å². The van der Waals surface area contributed by atoms with E-state index in [1.807, 2.05) is 47.0 Å². The maximum absolute atomic E-state index is 13.2. The number of quaternary nitrogens is 1. The lowest BCUT2D eigenvalue weighted by atomic mass is 9.82. The minimum atomic E-state index is -0.0627. The molecule has 1 saturated heterocycles. The van der Waals surface area contributed by atoms with Gasteiger partial charge in [0.15, 0.2) is 5.76 Å². The normalized spacial score (nSPS) is 23.0. The van der Waals surface area contributed by atoms with Crippen LogP contribution < -0.4 is 10.5 Å². The van der Waals surface area contributed by atoms with Gasteiger partial charge in [-0.3, -0.25) is 4.79 Å². The van der Waals surface area contributed by atoms with Crippen LogP contribution in [0.3, 0.4) is 0 Å². The summed E-state index contributed by atoms with van der Waals surface area (Å²) in [6.07, 6.45) is 1.14. The van der Waals surface area contributed by atoms with E-state index < -0.39 is 0 Å². The zero-order valence-electron chi connectivity index (χ0n) is 16.1. The van der Waals surface area contributed by atoms with Gasteiger partial charge in [0.1, 0.15) is 18.9 Å². The summed E-state index contributed by atoms with van der Waals surface area (Å²) in [6, 6.07) is 15.4. The molecule has 3 atom stereocenters. The Bertz CT molecular complexity index is 1090. The van der Waals surface area contributed by atoms with Crippen molar-refractivity contribution in [3.63, 3.8) is 0 Å². The summed E-state index contributed by atoms with van der Waals surface area (Å²) in [5.74, 6) is 2.40. The van der Waals surface area contributed by atoms with Crippen LogP contribution in [0.5, 0.6) is 0 Å². The van der Waals surface area contributed by atoms with E-state index in [2.05, 4.69) is 6.07 Å². The van der Waals surface area contributed by atoms with Crippen molar-refractivity contribution < 1.29 is 14.4 Å². The fraction of sp³-hybridized carbons (Fsp3) is 0.348. The lowest BCUT2D eigenvalue weighted by molar-refractivity contribution is -0.925. The molecule has 0 amide bonds. The van der Waals surface area contributed by atoms with E-state index in [0.717, 1.165) is 55.2 Å². The van der Waals surface area contributed by atoms with Gasteiger partial charge >= 0.3 is 0 Å². The van der Waals surface area contributed by atoms with E-state index in [1.54, 1.807) is 0 Å². The highest BCUT2D eigenvalue weighted by atomic mass is 35.5. The topological polar surface area (TPSA) is 59.8 Å². The predicted octanol–water partition coefficient (Wildman–Crippen LogP) is 2.46.